The normalized spacial score (nSPS) is 12.0. The first-order chi connectivity index (χ1) is 13.3. The van der Waals surface area contributed by atoms with Crippen LogP contribution in [0.4, 0.5) is 5.69 Å². The van der Waals surface area contributed by atoms with Gasteiger partial charge in [0.1, 0.15) is 6.33 Å². The van der Waals surface area contributed by atoms with E-state index >= 15 is 0 Å². The molecule has 2 aromatic carbocycles. The molecule has 3 rings (SSSR count). The first-order valence-electron chi connectivity index (χ1n) is 7.93. The molecular formula is C16H15N7O4S. The van der Waals surface area contributed by atoms with Gasteiger partial charge in [0.05, 0.1) is 21.2 Å². The van der Waals surface area contributed by atoms with Gasteiger partial charge in [-0.15, -0.1) is 5.10 Å². The van der Waals surface area contributed by atoms with Gasteiger partial charge in [-0.05, 0) is 48.0 Å². The van der Waals surface area contributed by atoms with E-state index in [-0.39, 0.29) is 10.6 Å². The third-order valence-electron chi connectivity index (χ3n) is 3.90. The molecule has 0 aliphatic carbocycles. The Morgan fingerprint density at radius 3 is 2.71 bits per heavy atom. The van der Waals surface area contributed by atoms with Crippen LogP contribution in [0.15, 0.2) is 58.8 Å². The van der Waals surface area contributed by atoms with Gasteiger partial charge in [0, 0.05) is 11.6 Å². The lowest BCUT2D eigenvalue weighted by atomic mass is 10.1. The summed E-state index contributed by atoms with van der Waals surface area (Å²) in [5.74, 6) is 0. The fourth-order valence-corrected chi connectivity index (χ4v) is 3.23. The molecule has 3 aromatic rings. The van der Waals surface area contributed by atoms with Crippen molar-refractivity contribution in [1.29, 1.82) is 0 Å². The summed E-state index contributed by atoms with van der Waals surface area (Å²) in [5.41, 5.74) is 1.79. The van der Waals surface area contributed by atoms with Gasteiger partial charge >= 0.3 is 0 Å². The predicted molar refractivity (Wildman–Crippen MR) is 99.5 cm³/mol. The smallest absolute Gasteiger partial charge is 0.258 e. The Balaban J connectivity index is 1.86. The summed E-state index contributed by atoms with van der Waals surface area (Å²) in [6.07, 6.45) is 1.43. The minimum Gasteiger partial charge on any atom is -0.258 e. The van der Waals surface area contributed by atoms with Crippen LogP contribution >= 0.6 is 0 Å². The van der Waals surface area contributed by atoms with Crippen LogP contribution in [0.5, 0.6) is 0 Å². The molecule has 1 aromatic heterocycles. The third kappa shape index (κ3) is 4.01. The number of aryl methyl sites for hydroxylation is 1. The van der Waals surface area contributed by atoms with E-state index in [9.17, 15) is 18.5 Å². The number of hydrogen-bond donors (Lipinski definition) is 1. The SMILES string of the molecule is C/C(=N\NS(=O)(=O)c1ccc(C)c([N+](=O)[O-])c1)c1cccc(-n2cnnn2)c1. The number of aromatic nitrogens is 4. The lowest BCUT2D eigenvalue weighted by molar-refractivity contribution is -0.385. The van der Waals surface area contributed by atoms with Gasteiger partial charge in [-0.1, -0.05) is 18.2 Å². The molecule has 1 N–H and O–H groups in total. The molecule has 0 amide bonds. The minimum atomic E-state index is -4.07. The highest BCUT2D eigenvalue weighted by Gasteiger charge is 2.19. The molecule has 28 heavy (non-hydrogen) atoms. The molecule has 0 spiro atoms. The predicted octanol–water partition coefficient (Wildman–Crippen LogP) is 1.58. The summed E-state index contributed by atoms with van der Waals surface area (Å²) < 4.78 is 26.3. The molecule has 0 unspecified atom stereocenters. The molecule has 0 saturated carbocycles. The maximum Gasteiger partial charge on any atom is 0.276 e. The number of nitrogens with zero attached hydrogens (tertiary/aromatic N) is 6. The number of rotatable bonds is 6. The molecule has 11 nitrogen and oxygen atoms in total. The van der Waals surface area contributed by atoms with E-state index in [1.54, 1.807) is 31.2 Å². The summed E-state index contributed by atoms with van der Waals surface area (Å²) in [5, 5.41) is 25.9. The largest absolute Gasteiger partial charge is 0.276 e. The van der Waals surface area contributed by atoms with Gasteiger partial charge < -0.3 is 0 Å². The quantitative estimate of drug-likeness (QED) is 0.375. The van der Waals surface area contributed by atoms with E-state index < -0.39 is 14.9 Å². The molecule has 12 heteroatoms. The molecule has 0 saturated heterocycles. The molecule has 0 bridgehead atoms. The van der Waals surface area contributed by atoms with E-state index in [2.05, 4.69) is 25.5 Å². The Kier molecular flexibility index (Phi) is 5.13. The van der Waals surface area contributed by atoms with Crippen molar-refractivity contribution in [2.45, 2.75) is 18.7 Å². The van der Waals surface area contributed by atoms with Crippen LogP contribution in [0, 0.1) is 17.0 Å². The van der Waals surface area contributed by atoms with Gasteiger partial charge in [-0.25, -0.2) is 4.68 Å². The van der Waals surface area contributed by atoms with Crippen molar-refractivity contribution in [3.8, 4) is 5.69 Å². The first kappa shape index (κ1) is 19.1. The van der Waals surface area contributed by atoms with Crippen LogP contribution in [0.3, 0.4) is 0 Å². The van der Waals surface area contributed by atoms with Crippen molar-refractivity contribution in [3.05, 3.63) is 70.0 Å². The average Bonchev–Trinajstić information content (AvgIpc) is 3.21. The number of nitro benzene ring substituents is 1. The van der Waals surface area contributed by atoms with Crippen molar-refractivity contribution in [1.82, 2.24) is 25.0 Å². The monoisotopic (exact) mass is 401 g/mol. The topological polar surface area (TPSA) is 145 Å². The van der Waals surface area contributed by atoms with Crippen LogP contribution in [-0.4, -0.2) is 39.3 Å². The second-order valence-electron chi connectivity index (χ2n) is 5.80. The van der Waals surface area contributed by atoms with Gasteiger partial charge in [0.15, 0.2) is 0 Å². The first-order valence-corrected chi connectivity index (χ1v) is 9.41. The Morgan fingerprint density at radius 1 is 1.25 bits per heavy atom. The van der Waals surface area contributed by atoms with Crippen molar-refractivity contribution < 1.29 is 13.3 Å². The fraction of sp³-hybridized carbons (Fsp3) is 0.125. The maximum atomic E-state index is 12.4. The molecule has 0 fully saturated rings. The van der Waals surface area contributed by atoms with E-state index in [1.807, 2.05) is 0 Å². The number of hydrazone groups is 1. The summed E-state index contributed by atoms with van der Waals surface area (Å²) in [6, 6.07) is 10.7. The highest BCUT2D eigenvalue weighted by molar-refractivity contribution is 7.89. The number of tetrazole rings is 1. The molecule has 0 aliphatic rings. The Hall–Kier alpha value is -3.67. The highest BCUT2D eigenvalue weighted by atomic mass is 32.2. The lowest BCUT2D eigenvalue weighted by Crippen LogP contribution is -2.20. The van der Waals surface area contributed by atoms with Crippen molar-refractivity contribution in [2.24, 2.45) is 5.10 Å². The van der Waals surface area contributed by atoms with Crippen LogP contribution in [0.2, 0.25) is 0 Å². The zero-order valence-electron chi connectivity index (χ0n) is 14.8. The lowest BCUT2D eigenvalue weighted by Gasteiger charge is -2.07. The van der Waals surface area contributed by atoms with E-state index in [0.29, 0.717) is 22.5 Å². The number of hydrogen-bond acceptors (Lipinski definition) is 8. The summed E-state index contributed by atoms with van der Waals surface area (Å²) in [7, 11) is -4.07. The highest BCUT2D eigenvalue weighted by Crippen LogP contribution is 2.22. The standard InChI is InChI=1S/C16H15N7O4S/c1-11-6-7-15(9-16(11)23(24)25)28(26,27)21-18-12(2)13-4-3-5-14(8-13)22-10-17-19-20-22/h3-10,21H,1-2H3/b18-12+. The summed E-state index contributed by atoms with van der Waals surface area (Å²) >= 11 is 0. The second kappa shape index (κ2) is 7.52. The fourth-order valence-electron chi connectivity index (χ4n) is 2.35. The maximum absolute atomic E-state index is 12.4. The van der Waals surface area contributed by atoms with Gasteiger partial charge in [0.25, 0.3) is 15.7 Å². The zero-order valence-corrected chi connectivity index (χ0v) is 15.7. The molecular weight excluding hydrogens is 386 g/mol. The number of nitrogens with one attached hydrogen (secondary N) is 1. The van der Waals surface area contributed by atoms with Gasteiger partial charge in [-0.2, -0.15) is 18.4 Å². The Bertz CT molecular complexity index is 1160. The van der Waals surface area contributed by atoms with Crippen LogP contribution in [-0.2, 0) is 10.0 Å². The third-order valence-corrected chi connectivity index (χ3v) is 5.10. The van der Waals surface area contributed by atoms with Gasteiger partial charge in [-0.3, -0.25) is 10.1 Å². The summed E-state index contributed by atoms with van der Waals surface area (Å²) in [6.45, 7) is 3.15. The minimum absolute atomic E-state index is 0.246. The van der Waals surface area contributed by atoms with Crippen LogP contribution < -0.4 is 4.83 Å². The van der Waals surface area contributed by atoms with Crippen LogP contribution in [0.1, 0.15) is 18.1 Å². The summed E-state index contributed by atoms with van der Waals surface area (Å²) in [4.78, 5) is 12.3. The molecule has 0 radical (unpaired) electrons. The number of benzene rings is 2. The van der Waals surface area contributed by atoms with E-state index in [1.165, 1.54) is 30.1 Å². The van der Waals surface area contributed by atoms with Crippen molar-refractivity contribution >= 4 is 21.4 Å². The van der Waals surface area contributed by atoms with E-state index in [4.69, 9.17) is 0 Å². The Morgan fingerprint density at radius 2 is 2.04 bits per heavy atom. The number of nitro groups is 1. The second-order valence-corrected chi connectivity index (χ2v) is 7.46. The average molecular weight is 401 g/mol. The van der Waals surface area contributed by atoms with Crippen molar-refractivity contribution in [2.75, 3.05) is 0 Å². The van der Waals surface area contributed by atoms with Crippen LogP contribution in [0.25, 0.3) is 5.69 Å². The van der Waals surface area contributed by atoms with E-state index in [0.717, 1.165) is 6.07 Å². The molecule has 1 heterocycles. The molecule has 144 valence electrons. The number of sulfonamides is 1. The Labute approximate surface area is 159 Å². The zero-order chi connectivity index (χ0) is 20.3. The van der Waals surface area contributed by atoms with Gasteiger partial charge in [0.2, 0.25) is 0 Å². The van der Waals surface area contributed by atoms with Crippen molar-refractivity contribution in [3.63, 3.8) is 0 Å². The molecule has 0 aliphatic heterocycles. The molecule has 0 atom stereocenters.